The molecule has 1 rings (SSSR count). The Morgan fingerprint density at radius 3 is 2.47 bits per heavy atom. The van der Waals surface area contributed by atoms with Crippen LogP contribution in [0.15, 0.2) is 0 Å². The van der Waals surface area contributed by atoms with Crippen LogP contribution in [0.25, 0.3) is 0 Å². The first-order valence-corrected chi connectivity index (χ1v) is 5.65. The zero-order valence-corrected chi connectivity index (χ0v) is 9.63. The fraction of sp³-hybridized carbons (Fsp3) is 0.800. The van der Waals surface area contributed by atoms with Gasteiger partial charge in [0.15, 0.2) is 0 Å². The Bertz CT molecular complexity index is 229. The quantitative estimate of drug-likeness (QED) is 0.526. The van der Waals surface area contributed by atoms with Crippen LogP contribution in [0.2, 0.25) is 0 Å². The first-order valence-electron chi connectivity index (χ1n) is 5.12. The van der Waals surface area contributed by atoms with Gasteiger partial charge < -0.3 is 4.74 Å². The van der Waals surface area contributed by atoms with Gasteiger partial charge in [0.05, 0.1) is 0 Å². The number of alkyl halides is 1. The third-order valence-corrected chi connectivity index (χ3v) is 2.72. The Labute approximate surface area is 94.5 Å². The lowest BCUT2D eigenvalue weighted by atomic mass is 10.0. The highest BCUT2D eigenvalue weighted by molar-refractivity contribution is 6.17. The highest BCUT2D eigenvalue weighted by atomic mass is 35.5. The lowest BCUT2D eigenvalue weighted by molar-refractivity contribution is -0.158. The maximum atomic E-state index is 11.3. The molecule has 5 heteroatoms. The predicted octanol–water partition coefficient (Wildman–Crippen LogP) is 1.03. The summed E-state index contributed by atoms with van der Waals surface area (Å²) in [7, 11) is 0. The topological polar surface area (TPSA) is 46.6 Å². The third kappa shape index (κ3) is 3.80. The molecule has 1 aliphatic heterocycles. The van der Waals surface area contributed by atoms with E-state index >= 15 is 0 Å². The maximum Gasteiger partial charge on any atom is 0.255 e. The van der Waals surface area contributed by atoms with Crippen LogP contribution in [0.3, 0.4) is 0 Å². The Kier molecular flexibility index (Phi) is 5.05. The highest BCUT2D eigenvalue weighted by Crippen LogP contribution is 2.11. The second-order valence-corrected chi connectivity index (χ2v) is 4.18. The average molecular weight is 234 g/mol. The van der Waals surface area contributed by atoms with E-state index in [-0.39, 0.29) is 25.0 Å². The van der Waals surface area contributed by atoms with E-state index in [0.717, 1.165) is 12.8 Å². The van der Waals surface area contributed by atoms with Crippen LogP contribution in [0.5, 0.6) is 0 Å². The van der Waals surface area contributed by atoms with Gasteiger partial charge in [-0.25, -0.2) is 0 Å². The number of ether oxygens (including phenoxy) is 1. The largest absolute Gasteiger partial charge is 0.362 e. The minimum absolute atomic E-state index is 0.0234. The van der Waals surface area contributed by atoms with Gasteiger partial charge in [0.2, 0.25) is 0 Å². The summed E-state index contributed by atoms with van der Waals surface area (Å²) in [6.07, 6.45) is 1.72. The molecule has 1 saturated heterocycles. The number of hydrogen-bond acceptors (Lipinski definition) is 3. The summed E-state index contributed by atoms with van der Waals surface area (Å²) >= 11 is 5.61. The molecule has 15 heavy (non-hydrogen) atoms. The first kappa shape index (κ1) is 12.5. The standard InChI is InChI=1S/C10H16ClNO3/c1-8(2-4-11)3-5-12-9(13)6-15-7-10(12)14/h8H,2-7H2,1H3. The van der Waals surface area contributed by atoms with Gasteiger partial charge in [0.1, 0.15) is 13.2 Å². The van der Waals surface area contributed by atoms with Crippen molar-refractivity contribution >= 4 is 23.4 Å². The first-order chi connectivity index (χ1) is 7.15. The Hall–Kier alpha value is -0.610. The lowest BCUT2D eigenvalue weighted by Crippen LogP contribution is -2.46. The second kappa shape index (κ2) is 6.08. The Balaban J connectivity index is 2.35. The van der Waals surface area contributed by atoms with Gasteiger partial charge in [-0.15, -0.1) is 11.6 Å². The van der Waals surface area contributed by atoms with E-state index < -0.39 is 0 Å². The summed E-state index contributed by atoms with van der Waals surface area (Å²) in [5, 5.41) is 0. The van der Waals surface area contributed by atoms with Crippen molar-refractivity contribution in [3.05, 3.63) is 0 Å². The smallest absolute Gasteiger partial charge is 0.255 e. The lowest BCUT2D eigenvalue weighted by Gasteiger charge is -2.25. The number of carbonyl (C=O) groups excluding carboxylic acids is 2. The molecule has 1 heterocycles. The molecule has 2 amide bonds. The van der Waals surface area contributed by atoms with E-state index in [1.165, 1.54) is 4.90 Å². The number of nitrogens with zero attached hydrogens (tertiary/aromatic N) is 1. The number of morpholine rings is 1. The van der Waals surface area contributed by atoms with Crippen molar-refractivity contribution in [1.29, 1.82) is 0 Å². The minimum Gasteiger partial charge on any atom is -0.362 e. The van der Waals surface area contributed by atoms with Crippen molar-refractivity contribution in [3.8, 4) is 0 Å². The molecule has 0 radical (unpaired) electrons. The molecular formula is C10H16ClNO3. The molecule has 1 atom stereocenters. The van der Waals surface area contributed by atoms with Gasteiger partial charge in [-0.3, -0.25) is 14.5 Å². The molecule has 0 aromatic rings. The summed E-state index contributed by atoms with van der Waals surface area (Å²) in [4.78, 5) is 23.9. The summed E-state index contributed by atoms with van der Waals surface area (Å²) < 4.78 is 4.82. The van der Waals surface area contributed by atoms with Crippen LogP contribution >= 0.6 is 11.6 Å². The third-order valence-electron chi connectivity index (χ3n) is 2.50. The fourth-order valence-corrected chi connectivity index (χ4v) is 1.82. The number of imide groups is 1. The molecule has 0 aromatic heterocycles. The van der Waals surface area contributed by atoms with Gasteiger partial charge in [0.25, 0.3) is 11.8 Å². The molecule has 86 valence electrons. The number of halogens is 1. The molecule has 0 saturated carbocycles. The molecule has 1 aliphatic rings. The van der Waals surface area contributed by atoms with Gasteiger partial charge in [-0.2, -0.15) is 0 Å². The molecule has 0 spiro atoms. The van der Waals surface area contributed by atoms with Gasteiger partial charge in [0, 0.05) is 12.4 Å². The Morgan fingerprint density at radius 2 is 1.93 bits per heavy atom. The van der Waals surface area contributed by atoms with Crippen molar-refractivity contribution in [2.45, 2.75) is 19.8 Å². The zero-order chi connectivity index (χ0) is 11.3. The average Bonchev–Trinajstić information content (AvgIpc) is 2.17. The van der Waals surface area contributed by atoms with Crippen molar-refractivity contribution < 1.29 is 14.3 Å². The second-order valence-electron chi connectivity index (χ2n) is 3.80. The summed E-state index contributed by atoms with van der Waals surface area (Å²) in [6.45, 7) is 2.60. The molecule has 1 unspecified atom stereocenters. The van der Waals surface area contributed by atoms with Crippen LogP contribution < -0.4 is 0 Å². The Morgan fingerprint density at radius 1 is 1.33 bits per heavy atom. The molecule has 0 aromatic carbocycles. The predicted molar refractivity (Wildman–Crippen MR) is 56.7 cm³/mol. The molecule has 4 nitrogen and oxygen atoms in total. The molecule has 0 bridgehead atoms. The van der Waals surface area contributed by atoms with Crippen LogP contribution in [0, 0.1) is 5.92 Å². The van der Waals surface area contributed by atoms with Crippen molar-refractivity contribution in [1.82, 2.24) is 4.90 Å². The summed E-state index contributed by atoms with van der Waals surface area (Å²) in [5.41, 5.74) is 0. The van der Waals surface area contributed by atoms with Gasteiger partial charge in [-0.05, 0) is 18.8 Å². The van der Waals surface area contributed by atoms with E-state index in [2.05, 4.69) is 6.92 Å². The van der Waals surface area contributed by atoms with Crippen molar-refractivity contribution in [3.63, 3.8) is 0 Å². The van der Waals surface area contributed by atoms with Crippen LogP contribution in [0.4, 0.5) is 0 Å². The summed E-state index contributed by atoms with van der Waals surface area (Å²) in [6, 6.07) is 0. The van der Waals surface area contributed by atoms with E-state index in [0.29, 0.717) is 18.3 Å². The van der Waals surface area contributed by atoms with Crippen LogP contribution in [0.1, 0.15) is 19.8 Å². The van der Waals surface area contributed by atoms with E-state index in [1.807, 2.05) is 0 Å². The van der Waals surface area contributed by atoms with Gasteiger partial charge >= 0.3 is 0 Å². The van der Waals surface area contributed by atoms with Crippen LogP contribution in [-0.2, 0) is 14.3 Å². The maximum absolute atomic E-state index is 11.3. The molecular weight excluding hydrogens is 218 g/mol. The van der Waals surface area contributed by atoms with Gasteiger partial charge in [-0.1, -0.05) is 6.92 Å². The summed E-state index contributed by atoms with van der Waals surface area (Å²) in [5.74, 6) is 0.589. The van der Waals surface area contributed by atoms with E-state index in [1.54, 1.807) is 0 Å². The normalized spacial score (nSPS) is 19.5. The molecule has 0 aliphatic carbocycles. The van der Waals surface area contributed by atoms with Crippen LogP contribution in [-0.4, -0.2) is 42.4 Å². The van der Waals surface area contributed by atoms with Crippen molar-refractivity contribution in [2.24, 2.45) is 5.92 Å². The monoisotopic (exact) mass is 233 g/mol. The number of carbonyl (C=O) groups is 2. The highest BCUT2D eigenvalue weighted by Gasteiger charge is 2.26. The number of amides is 2. The molecule has 0 N–H and O–H groups in total. The molecule has 1 fully saturated rings. The SMILES string of the molecule is CC(CCCl)CCN1C(=O)COCC1=O. The zero-order valence-electron chi connectivity index (χ0n) is 8.87. The number of rotatable bonds is 5. The number of hydrogen-bond donors (Lipinski definition) is 0. The van der Waals surface area contributed by atoms with E-state index in [4.69, 9.17) is 16.3 Å². The van der Waals surface area contributed by atoms with E-state index in [9.17, 15) is 9.59 Å². The van der Waals surface area contributed by atoms with Crippen molar-refractivity contribution in [2.75, 3.05) is 25.6 Å². The fourth-order valence-electron chi connectivity index (χ4n) is 1.45. The minimum atomic E-state index is -0.232.